The van der Waals surface area contributed by atoms with Crippen LogP contribution in [0.25, 0.3) is 0 Å². The van der Waals surface area contributed by atoms with Gasteiger partial charge in [0.15, 0.2) is 0 Å². The second-order valence-electron chi connectivity index (χ2n) is 17.2. The van der Waals surface area contributed by atoms with Crippen LogP contribution in [0.2, 0.25) is 0 Å². The number of likely N-dealkylation sites (N-methyl/N-ethyl adjacent to an activating group) is 1. The third kappa shape index (κ3) is 27.1. The number of nitrogens with two attached hydrogens (primary N) is 3. The first-order valence-electron chi connectivity index (χ1n) is 22.8. The summed E-state index contributed by atoms with van der Waals surface area (Å²) in [7, 11) is 3.20. The first kappa shape index (κ1) is 59.6. The minimum Gasteiger partial charge on any atom is -0.453 e. The van der Waals surface area contributed by atoms with Crippen molar-refractivity contribution in [3.05, 3.63) is 41.2 Å². The minimum atomic E-state index is -1.37. The Balaban J connectivity index is 0.000000839. The Morgan fingerprint density at radius 2 is 1.51 bits per heavy atom. The van der Waals surface area contributed by atoms with Gasteiger partial charge in [-0.2, -0.15) is 0 Å². The van der Waals surface area contributed by atoms with Crippen LogP contribution in [0, 0.1) is 17.8 Å². The summed E-state index contributed by atoms with van der Waals surface area (Å²) in [5.41, 5.74) is 13.5. The molecule has 0 bridgehead atoms. The number of allylic oxidation sites excluding steroid dienone is 2. The topological polar surface area (TPSA) is 322 Å². The van der Waals surface area contributed by atoms with Gasteiger partial charge in [-0.3, -0.25) is 14.4 Å². The standard InChI is InChI=1S/C32H50N6O7.C9H20N2O4.C4H10N2O/c1-19(2)29(30(41)35-16-28(40)36-24-10-6-21(7-11-24)17-44-31(42)43)37-27(39)14-20(3)45-18-32(4,5)38(34)26-13-9-23-15-22(23)8-12-25(26)33;1-10-3-5-14-7-8-15-6-4-11-9(12)13-2;1-2-3-6-4(5)7/h6-7,10-11,19-20,22-23,29H,8-9,12-18,33-34H2,1-5H3,(H,35,41)(H,36,40)(H,37,39)(H,42,43);10H,3-8H2,1-2H3,(H,11,12);2-3H2,1H3,(H3,5,6,7)/b26-25-;;. The van der Waals surface area contributed by atoms with Gasteiger partial charge in [0.25, 0.3) is 0 Å². The van der Waals surface area contributed by atoms with Gasteiger partial charge in [0, 0.05) is 36.7 Å². The number of alkyl carbamates (subject to hydrolysis) is 1. The number of ether oxygens (including phenoxy) is 5. The van der Waals surface area contributed by atoms with Crippen molar-refractivity contribution in [3.8, 4) is 0 Å². The fourth-order valence-electron chi connectivity index (χ4n) is 6.48. The van der Waals surface area contributed by atoms with Crippen LogP contribution in [-0.2, 0) is 44.7 Å². The molecule has 0 radical (unpaired) electrons. The smallest absolute Gasteiger partial charge is 0.453 e. The zero-order valence-electron chi connectivity index (χ0n) is 40.8. The molecule has 1 aromatic carbocycles. The van der Waals surface area contributed by atoms with Gasteiger partial charge < -0.3 is 77.2 Å². The Morgan fingerprint density at radius 3 is 2.06 bits per heavy atom. The fourth-order valence-corrected chi connectivity index (χ4v) is 6.48. The molecule has 0 spiro atoms. The highest BCUT2D eigenvalue weighted by atomic mass is 16.7. The zero-order valence-corrected chi connectivity index (χ0v) is 40.8. The average molecular weight is 953 g/mol. The molecule has 0 aliphatic heterocycles. The number of hydrazine groups is 1. The summed E-state index contributed by atoms with van der Waals surface area (Å²) >= 11 is 0. The molecule has 2 aliphatic carbocycles. The molecule has 382 valence electrons. The molecule has 2 aliphatic rings. The van der Waals surface area contributed by atoms with Crippen molar-refractivity contribution in [1.29, 1.82) is 0 Å². The highest BCUT2D eigenvalue weighted by Crippen LogP contribution is 2.48. The van der Waals surface area contributed by atoms with Crippen LogP contribution in [0.5, 0.6) is 0 Å². The summed E-state index contributed by atoms with van der Waals surface area (Å²) in [6.07, 6.45) is 3.93. The van der Waals surface area contributed by atoms with E-state index >= 15 is 0 Å². The second-order valence-corrected chi connectivity index (χ2v) is 17.2. The lowest BCUT2D eigenvalue weighted by Gasteiger charge is -2.39. The molecular weight excluding hydrogens is 873 g/mol. The van der Waals surface area contributed by atoms with E-state index in [1.54, 1.807) is 50.0 Å². The summed E-state index contributed by atoms with van der Waals surface area (Å²) in [5.74, 6) is 6.66. The van der Waals surface area contributed by atoms with Crippen molar-refractivity contribution >= 4 is 41.7 Å². The zero-order chi connectivity index (χ0) is 50.4. The summed E-state index contributed by atoms with van der Waals surface area (Å²) in [4.78, 5) is 69.1. The predicted molar refractivity (Wildman–Crippen MR) is 253 cm³/mol. The van der Waals surface area contributed by atoms with Gasteiger partial charge in [0.1, 0.15) is 12.6 Å². The maximum atomic E-state index is 12.9. The van der Waals surface area contributed by atoms with Crippen molar-refractivity contribution < 1.29 is 57.6 Å². The quantitative estimate of drug-likeness (QED) is 0.0276. The molecule has 1 saturated carbocycles. The van der Waals surface area contributed by atoms with Gasteiger partial charge in [-0.1, -0.05) is 32.9 Å². The number of nitrogens with one attached hydrogen (secondary N) is 6. The van der Waals surface area contributed by atoms with Gasteiger partial charge in [0.2, 0.25) is 17.7 Å². The third-order valence-corrected chi connectivity index (χ3v) is 10.5. The fraction of sp³-hybridized carbons (Fsp3) is 0.689. The van der Waals surface area contributed by atoms with Crippen molar-refractivity contribution in [2.24, 2.45) is 35.1 Å². The van der Waals surface area contributed by atoms with Crippen molar-refractivity contribution in [3.63, 3.8) is 0 Å². The van der Waals surface area contributed by atoms with Gasteiger partial charge >= 0.3 is 18.3 Å². The number of amides is 6. The Labute approximate surface area is 395 Å². The van der Waals surface area contributed by atoms with Crippen LogP contribution >= 0.6 is 0 Å². The molecular formula is C45H80N10O12. The normalized spacial score (nSPS) is 17.2. The largest absolute Gasteiger partial charge is 0.506 e. The Morgan fingerprint density at radius 1 is 0.881 bits per heavy atom. The van der Waals surface area contributed by atoms with Gasteiger partial charge in [0.05, 0.1) is 64.8 Å². The summed E-state index contributed by atoms with van der Waals surface area (Å²) in [5, 5.41) is 26.2. The number of anilines is 1. The molecule has 0 saturated heterocycles. The average Bonchev–Trinajstić information content (AvgIpc) is 4.03. The van der Waals surface area contributed by atoms with Crippen molar-refractivity contribution in [1.82, 2.24) is 31.6 Å². The lowest BCUT2D eigenvalue weighted by atomic mass is 9.98. The van der Waals surface area contributed by atoms with E-state index in [2.05, 4.69) is 41.4 Å². The van der Waals surface area contributed by atoms with Gasteiger partial charge in [-0.15, -0.1) is 0 Å². The Kier molecular flexibility index (Phi) is 29.5. The molecule has 22 heteroatoms. The van der Waals surface area contributed by atoms with E-state index in [9.17, 15) is 28.8 Å². The lowest BCUT2D eigenvalue weighted by Crippen LogP contribution is -2.53. The van der Waals surface area contributed by atoms with Crippen molar-refractivity contribution in [2.75, 3.05) is 78.7 Å². The van der Waals surface area contributed by atoms with Crippen LogP contribution in [0.1, 0.15) is 92.1 Å². The molecule has 0 heterocycles. The molecule has 13 N–H and O–H groups in total. The molecule has 1 aromatic rings. The number of carbonyl (C=O) groups is 6. The van der Waals surface area contributed by atoms with Crippen LogP contribution in [0.3, 0.4) is 0 Å². The number of nitrogens with zero attached hydrogens (tertiary/aromatic N) is 1. The maximum absolute atomic E-state index is 12.9. The monoisotopic (exact) mass is 953 g/mol. The summed E-state index contributed by atoms with van der Waals surface area (Å²) in [6, 6.07) is 5.14. The minimum absolute atomic E-state index is 0.0407. The predicted octanol–water partition coefficient (Wildman–Crippen LogP) is 2.87. The van der Waals surface area contributed by atoms with Crippen LogP contribution in [0.4, 0.5) is 20.1 Å². The number of carbonyl (C=O) groups excluding carboxylic acids is 5. The number of primary amides is 1. The lowest BCUT2D eigenvalue weighted by molar-refractivity contribution is -0.132. The van der Waals surface area contributed by atoms with E-state index in [0.29, 0.717) is 50.8 Å². The van der Waals surface area contributed by atoms with E-state index in [1.165, 1.54) is 13.5 Å². The van der Waals surface area contributed by atoms with Crippen LogP contribution in [0.15, 0.2) is 35.7 Å². The molecule has 4 atom stereocenters. The van der Waals surface area contributed by atoms with Crippen molar-refractivity contribution in [2.45, 2.75) is 111 Å². The highest BCUT2D eigenvalue weighted by Gasteiger charge is 2.39. The number of methoxy groups -OCH3 is 1. The second kappa shape index (κ2) is 33.1. The molecule has 4 unspecified atom stereocenters. The molecule has 0 aromatic heterocycles. The van der Waals surface area contributed by atoms with E-state index < -0.39 is 47.8 Å². The van der Waals surface area contributed by atoms with E-state index in [1.807, 2.05) is 27.8 Å². The molecule has 1 fully saturated rings. The van der Waals surface area contributed by atoms with Gasteiger partial charge in [-0.25, -0.2) is 20.2 Å². The first-order chi connectivity index (χ1) is 31.7. The van der Waals surface area contributed by atoms with E-state index in [4.69, 9.17) is 36.6 Å². The number of fused-ring (bicyclic) bond motifs is 1. The number of hydrogen-bond acceptors (Lipinski definition) is 15. The highest BCUT2D eigenvalue weighted by molar-refractivity contribution is 5.96. The third-order valence-electron chi connectivity index (χ3n) is 10.5. The summed E-state index contributed by atoms with van der Waals surface area (Å²) < 4.78 is 25.4. The Hall–Kier alpha value is -5.42. The van der Waals surface area contributed by atoms with E-state index in [-0.39, 0.29) is 38.0 Å². The van der Waals surface area contributed by atoms with Crippen LogP contribution < -0.4 is 49.2 Å². The van der Waals surface area contributed by atoms with Gasteiger partial charge in [-0.05, 0) is 102 Å². The Bertz CT molecular complexity index is 1680. The van der Waals surface area contributed by atoms with Crippen LogP contribution in [-0.4, -0.2) is 137 Å². The molecule has 3 rings (SSSR count). The van der Waals surface area contributed by atoms with E-state index in [0.717, 1.165) is 61.9 Å². The molecule has 22 nitrogen and oxygen atoms in total. The maximum Gasteiger partial charge on any atom is 0.506 e. The number of rotatable bonds is 26. The first-order valence-corrected chi connectivity index (χ1v) is 22.8. The number of hydrogen-bond donors (Lipinski definition) is 10. The molecule has 6 amide bonds. The number of carboxylic acid groups (broad SMARTS) is 1. The SMILES string of the molecule is CC(CC(=O)NC(C(=O)NCC(=O)Nc1ccc(COC(=O)O)cc1)C(C)C)OCC(C)(C)N(N)/C1=C(\N)CCC2CC2CC1.CCCNC(N)=O.CNCCOCCOCCNC(=O)OC. The molecule has 67 heavy (non-hydrogen) atoms. The summed E-state index contributed by atoms with van der Waals surface area (Å²) in [6.45, 7) is 15.4. The number of benzene rings is 1. The number of urea groups is 1.